The van der Waals surface area contributed by atoms with Gasteiger partial charge in [0.25, 0.3) is 0 Å². The van der Waals surface area contributed by atoms with E-state index in [4.69, 9.17) is 11.6 Å². The van der Waals surface area contributed by atoms with Crippen LogP contribution in [0.15, 0.2) is 42.6 Å². The third-order valence-corrected chi connectivity index (χ3v) is 4.63. The minimum absolute atomic E-state index is 0.00194. The summed E-state index contributed by atoms with van der Waals surface area (Å²) in [7, 11) is 2.01. The highest BCUT2D eigenvalue weighted by atomic mass is 35.5. The van der Waals surface area contributed by atoms with E-state index in [2.05, 4.69) is 9.88 Å². The second-order valence-electron chi connectivity index (χ2n) is 4.87. The molecular formula is C16H15ClN2OS. The molecule has 5 heteroatoms. The topological polar surface area (TPSA) is 36.4 Å². The molecule has 108 valence electrons. The Labute approximate surface area is 132 Å². The number of rotatable bonds is 4. The van der Waals surface area contributed by atoms with Crippen LogP contribution < -0.4 is 4.90 Å². The summed E-state index contributed by atoms with van der Waals surface area (Å²) in [5, 5.41) is 11.5. The Bertz CT molecular complexity index is 772. The lowest BCUT2D eigenvalue weighted by molar-refractivity contribution is 0.283. The number of benzene rings is 1. The van der Waals surface area contributed by atoms with Crippen molar-refractivity contribution in [1.82, 2.24) is 4.98 Å². The van der Waals surface area contributed by atoms with Gasteiger partial charge in [0.1, 0.15) is 5.82 Å². The highest BCUT2D eigenvalue weighted by Gasteiger charge is 2.11. The monoisotopic (exact) mass is 318 g/mol. The molecule has 0 saturated heterocycles. The van der Waals surface area contributed by atoms with Crippen molar-refractivity contribution >= 4 is 39.5 Å². The number of fused-ring (bicyclic) bond motifs is 1. The van der Waals surface area contributed by atoms with E-state index in [-0.39, 0.29) is 6.61 Å². The number of nitrogens with zero attached hydrogens (tertiary/aromatic N) is 2. The summed E-state index contributed by atoms with van der Waals surface area (Å²) in [5.74, 6) is 0.910. The highest BCUT2D eigenvalue weighted by molar-refractivity contribution is 7.16. The fraction of sp³-hybridized carbons (Fsp3) is 0.188. The molecule has 3 rings (SSSR count). The average Bonchev–Trinajstić information content (AvgIpc) is 2.91. The second kappa shape index (κ2) is 6.02. The second-order valence-corrected chi connectivity index (χ2v) is 6.67. The van der Waals surface area contributed by atoms with Crippen LogP contribution in [0.4, 0.5) is 5.82 Å². The van der Waals surface area contributed by atoms with Crippen LogP contribution >= 0.6 is 22.9 Å². The Kier molecular flexibility index (Phi) is 4.10. The maximum atomic E-state index is 9.44. The number of aliphatic hydroxyl groups is 1. The quantitative estimate of drug-likeness (QED) is 0.787. The number of hydrogen-bond donors (Lipinski definition) is 1. The molecule has 0 aliphatic rings. The summed E-state index contributed by atoms with van der Waals surface area (Å²) in [6, 6.07) is 12.0. The van der Waals surface area contributed by atoms with E-state index < -0.39 is 0 Å². The van der Waals surface area contributed by atoms with Gasteiger partial charge in [-0.15, -0.1) is 11.3 Å². The van der Waals surface area contributed by atoms with E-state index in [9.17, 15) is 5.11 Å². The summed E-state index contributed by atoms with van der Waals surface area (Å²) in [5.41, 5.74) is 0.849. The molecular weight excluding hydrogens is 304 g/mol. The van der Waals surface area contributed by atoms with E-state index in [0.29, 0.717) is 0 Å². The summed E-state index contributed by atoms with van der Waals surface area (Å²) >= 11 is 7.56. The molecule has 0 saturated carbocycles. The molecule has 0 bridgehead atoms. The first-order chi connectivity index (χ1) is 10.2. The predicted octanol–water partition coefficient (Wildman–Crippen LogP) is 4.08. The van der Waals surface area contributed by atoms with Gasteiger partial charge in [0, 0.05) is 29.1 Å². The zero-order valence-electron chi connectivity index (χ0n) is 11.6. The summed E-state index contributed by atoms with van der Waals surface area (Å²) < 4.78 is 0.798. The lowest BCUT2D eigenvalue weighted by atomic mass is 10.1. The van der Waals surface area contributed by atoms with E-state index in [1.807, 2.05) is 43.4 Å². The smallest absolute Gasteiger partial charge is 0.136 e. The third-order valence-electron chi connectivity index (χ3n) is 3.41. The van der Waals surface area contributed by atoms with Crippen molar-refractivity contribution in [3.63, 3.8) is 0 Å². The number of halogens is 1. The summed E-state index contributed by atoms with van der Waals surface area (Å²) in [6.45, 7) is 0.755. The van der Waals surface area contributed by atoms with Gasteiger partial charge in [-0.3, -0.25) is 0 Å². The summed E-state index contributed by atoms with van der Waals surface area (Å²) in [6.07, 6.45) is 1.75. The van der Waals surface area contributed by atoms with Crippen molar-refractivity contribution in [2.24, 2.45) is 0 Å². The molecule has 3 aromatic rings. The number of aliphatic hydroxyl groups excluding tert-OH is 1. The molecule has 0 radical (unpaired) electrons. The van der Waals surface area contributed by atoms with Gasteiger partial charge in [0.2, 0.25) is 0 Å². The number of thiophene rings is 1. The third kappa shape index (κ3) is 2.88. The average molecular weight is 319 g/mol. The molecule has 2 heterocycles. The molecule has 0 amide bonds. The molecule has 0 aliphatic heterocycles. The zero-order chi connectivity index (χ0) is 14.8. The SMILES string of the molecule is CN(Cc1ccc(Cl)s1)c1ncc(CO)c2ccccc12. The Morgan fingerprint density at radius 3 is 2.62 bits per heavy atom. The Morgan fingerprint density at radius 1 is 1.19 bits per heavy atom. The zero-order valence-corrected chi connectivity index (χ0v) is 13.2. The van der Waals surface area contributed by atoms with Crippen molar-refractivity contribution < 1.29 is 5.11 Å². The predicted molar refractivity (Wildman–Crippen MR) is 89.1 cm³/mol. The lowest BCUT2D eigenvalue weighted by Crippen LogP contribution is -2.17. The molecule has 0 spiro atoms. The minimum Gasteiger partial charge on any atom is -0.392 e. The number of aromatic nitrogens is 1. The van der Waals surface area contributed by atoms with Crippen LogP contribution in [0.2, 0.25) is 4.34 Å². The van der Waals surface area contributed by atoms with Gasteiger partial charge in [0.05, 0.1) is 17.5 Å². The van der Waals surface area contributed by atoms with E-state index >= 15 is 0 Å². The van der Waals surface area contributed by atoms with Crippen molar-refractivity contribution in [2.75, 3.05) is 11.9 Å². The largest absolute Gasteiger partial charge is 0.392 e. The van der Waals surface area contributed by atoms with E-state index in [1.165, 1.54) is 4.88 Å². The number of pyridine rings is 1. The fourth-order valence-electron chi connectivity index (χ4n) is 2.41. The molecule has 0 atom stereocenters. The van der Waals surface area contributed by atoms with Crippen LogP contribution in [0.5, 0.6) is 0 Å². The molecule has 2 aromatic heterocycles. The van der Waals surface area contributed by atoms with Gasteiger partial charge in [0.15, 0.2) is 0 Å². The van der Waals surface area contributed by atoms with Crippen molar-refractivity contribution in [1.29, 1.82) is 0 Å². The van der Waals surface area contributed by atoms with Gasteiger partial charge < -0.3 is 10.0 Å². The fourth-order valence-corrected chi connectivity index (χ4v) is 3.55. The van der Waals surface area contributed by atoms with E-state index in [0.717, 1.165) is 33.0 Å². The molecule has 0 fully saturated rings. The maximum absolute atomic E-state index is 9.44. The molecule has 0 aliphatic carbocycles. The molecule has 1 aromatic carbocycles. The standard InChI is InChI=1S/C16H15ClN2OS/c1-19(9-12-6-7-15(17)21-12)16-14-5-3-2-4-13(14)11(10-20)8-18-16/h2-8,20H,9-10H2,1H3. The normalized spacial score (nSPS) is 11.0. The number of hydrogen-bond acceptors (Lipinski definition) is 4. The Balaban J connectivity index is 2.00. The van der Waals surface area contributed by atoms with Crippen LogP contribution in [0.1, 0.15) is 10.4 Å². The van der Waals surface area contributed by atoms with Crippen molar-refractivity contribution in [3.8, 4) is 0 Å². The van der Waals surface area contributed by atoms with Crippen molar-refractivity contribution in [2.45, 2.75) is 13.2 Å². The first kappa shape index (κ1) is 14.3. The lowest BCUT2D eigenvalue weighted by Gasteiger charge is -2.20. The van der Waals surface area contributed by atoms with Crippen LogP contribution in [0.25, 0.3) is 10.8 Å². The van der Waals surface area contributed by atoms with Gasteiger partial charge in [-0.05, 0) is 17.5 Å². The van der Waals surface area contributed by atoms with Gasteiger partial charge in [-0.2, -0.15) is 0 Å². The van der Waals surface area contributed by atoms with Crippen LogP contribution in [-0.4, -0.2) is 17.1 Å². The van der Waals surface area contributed by atoms with Gasteiger partial charge in [-0.1, -0.05) is 35.9 Å². The first-order valence-corrected chi connectivity index (χ1v) is 7.81. The van der Waals surface area contributed by atoms with Crippen molar-refractivity contribution in [3.05, 3.63) is 57.4 Å². The molecule has 0 unspecified atom stereocenters. The molecule has 3 nitrogen and oxygen atoms in total. The Morgan fingerprint density at radius 2 is 1.95 bits per heavy atom. The van der Waals surface area contributed by atoms with Crippen LogP contribution in [0, 0.1) is 0 Å². The maximum Gasteiger partial charge on any atom is 0.136 e. The molecule has 21 heavy (non-hydrogen) atoms. The van der Waals surface area contributed by atoms with Gasteiger partial charge >= 0.3 is 0 Å². The summed E-state index contributed by atoms with van der Waals surface area (Å²) in [4.78, 5) is 7.82. The molecule has 1 N–H and O–H groups in total. The van der Waals surface area contributed by atoms with Crippen LogP contribution in [0.3, 0.4) is 0 Å². The highest BCUT2D eigenvalue weighted by Crippen LogP contribution is 2.29. The number of anilines is 1. The first-order valence-electron chi connectivity index (χ1n) is 6.62. The van der Waals surface area contributed by atoms with Crippen LogP contribution in [-0.2, 0) is 13.2 Å². The Hall–Kier alpha value is -1.62. The van der Waals surface area contributed by atoms with E-state index in [1.54, 1.807) is 17.5 Å². The minimum atomic E-state index is -0.00194. The van der Waals surface area contributed by atoms with Gasteiger partial charge in [-0.25, -0.2) is 4.98 Å².